The van der Waals surface area contributed by atoms with Crippen molar-refractivity contribution in [2.75, 3.05) is 25.9 Å². The van der Waals surface area contributed by atoms with Gasteiger partial charge in [-0.1, -0.05) is 19.3 Å². The first-order chi connectivity index (χ1) is 8.12. The Kier molecular flexibility index (Phi) is 4.44. The Labute approximate surface area is 105 Å². The van der Waals surface area contributed by atoms with Gasteiger partial charge in [-0.05, 0) is 32.2 Å². The predicted molar refractivity (Wildman–Crippen MR) is 69.4 cm³/mol. The number of hydrogen-bond donors (Lipinski definition) is 1. The van der Waals surface area contributed by atoms with Crippen molar-refractivity contribution < 1.29 is 8.42 Å². The molecular weight excluding hydrogens is 236 g/mol. The Morgan fingerprint density at radius 1 is 1.24 bits per heavy atom. The highest BCUT2D eigenvalue weighted by Gasteiger charge is 2.29. The van der Waals surface area contributed by atoms with Crippen LogP contribution in [0, 0.1) is 5.92 Å². The zero-order chi connectivity index (χ0) is 12.3. The minimum absolute atomic E-state index is 0.335. The van der Waals surface area contributed by atoms with Gasteiger partial charge in [-0.2, -0.15) is 0 Å². The molecule has 0 aromatic heterocycles. The van der Waals surface area contributed by atoms with E-state index >= 15 is 0 Å². The minimum atomic E-state index is -3.00. The van der Waals surface area contributed by atoms with Crippen LogP contribution in [0.5, 0.6) is 0 Å². The van der Waals surface area contributed by atoms with E-state index in [1.54, 1.807) is 4.31 Å². The van der Waals surface area contributed by atoms with Gasteiger partial charge >= 0.3 is 0 Å². The quantitative estimate of drug-likeness (QED) is 0.808. The highest BCUT2D eigenvalue weighted by atomic mass is 32.2. The monoisotopic (exact) mass is 260 g/mol. The van der Waals surface area contributed by atoms with E-state index in [0.717, 1.165) is 19.3 Å². The van der Waals surface area contributed by atoms with Gasteiger partial charge in [0, 0.05) is 19.1 Å². The van der Waals surface area contributed by atoms with Crippen LogP contribution in [0.25, 0.3) is 0 Å². The first-order valence-corrected chi connectivity index (χ1v) is 8.38. The Balaban J connectivity index is 1.85. The van der Waals surface area contributed by atoms with Crippen LogP contribution in [0.2, 0.25) is 0 Å². The van der Waals surface area contributed by atoms with E-state index in [2.05, 4.69) is 5.32 Å². The van der Waals surface area contributed by atoms with E-state index in [0.29, 0.717) is 30.8 Å². The van der Waals surface area contributed by atoms with Crippen molar-refractivity contribution in [1.82, 2.24) is 9.62 Å². The summed E-state index contributed by atoms with van der Waals surface area (Å²) in [6, 6.07) is 0.335. The third kappa shape index (κ3) is 3.42. The van der Waals surface area contributed by atoms with Crippen molar-refractivity contribution in [1.29, 1.82) is 0 Å². The van der Waals surface area contributed by atoms with Gasteiger partial charge in [0.05, 0.1) is 5.75 Å². The molecule has 17 heavy (non-hydrogen) atoms. The second-order valence-electron chi connectivity index (χ2n) is 5.39. The number of piperidine rings is 1. The fourth-order valence-corrected chi connectivity index (χ4v) is 4.36. The predicted octanol–water partition coefficient (Wildman–Crippen LogP) is 1.19. The third-order valence-electron chi connectivity index (χ3n) is 4.19. The summed E-state index contributed by atoms with van der Waals surface area (Å²) in [5.74, 6) is 1.03. The molecule has 1 aliphatic heterocycles. The molecule has 0 spiro atoms. The molecule has 100 valence electrons. The summed E-state index contributed by atoms with van der Waals surface area (Å²) < 4.78 is 26.1. The van der Waals surface area contributed by atoms with E-state index in [9.17, 15) is 8.42 Å². The summed E-state index contributed by atoms with van der Waals surface area (Å²) in [6.07, 6.45) is 6.68. The molecule has 2 fully saturated rings. The van der Waals surface area contributed by atoms with E-state index < -0.39 is 10.0 Å². The van der Waals surface area contributed by atoms with Crippen molar-refractivity contribution in [3.05, 3.63) is 0 Å². The molecule has 0 bridgehead atoms. The van der Waals surface area contributed by atoms with Gasteiger partial charge in [-0.3, -0.25) is 0 Å². The number of nitrogens with zero attached hydrogens (tertiary/aromatic N) is 1. The van der Waals surface area contributed by atoms with E-state index in [-0.39, 0.29) is 0 Å². The van der Waals surface area contributed by atoms with Crippen molar-refractivity contribution in [3.63, 3.8) is 0 Å². The minimum Gasteiger partial charge on any atom is -0.316 e. The normalized spacial score (nSPS) is 27.9. The second-order valence-corrected chi connectivity index (χ2v) is 7.48. The molecule has 5 heteroatoms. The first kappa shape index (κ1) is 13.3. The molecule has 1 N–H and O–H groups in total. The fraction of sp³-hybridized carbons (Fsp3) is 1.00. The highest BCUT2D eigenvalue weighted by Crippen LogP contribution is 2.30. The second kappa shape index (κ2) is 5.67. The molecule has 0 aromatic rings. The number of rotatable bonds is 5. The smallest absolute Gasteiger partial charge is 0.214 e. The summed E-state index contributed by atoms with van der Waals surface area (Å²) in [7, 11) is -1.09. The topological polar surface area (TPSA) is 49.4 Å². The molecule has 1 saturated heterocycles. The molecule has 0 amide bonds. The maximum atomic E-state index is 12.2. The van der Waals surface area contributed by atoms with Gasteiger partial charge in [0.15, 0.2) is 0 Å². The molecule has 0 aromatic carbocycles. The number of hydrogen-bond acceptors (Lipinski definition) is 3. The molecule has 1 heterocycles. The summed E-state index contributed by atoms with van der Waals surface area (Å²) in [4.78, 5) is 0. The van der Waals surface area contributed by atoms with Crippen LogP contribution in [-0.4, -0.2) is 44.7 Å². The van der Waals surface area contributed by atoms with Gasteiger partial charge in [0.1, 0.15) is 0 Å². The average molecular weight is 260 g/mol. The molecule has 1 unspecified atom stereocenters. The molecule has 1 atom stereocenters. The lowest BCUT2D eigenvalue weighted by molar-refractivity contribution is 0.284. The first-order valence-electron chi connectivity index (χ1n) is 6.77. The molecule has 1 aliphatic carbocycles. The van der Waals surface area contributed by atoms with Crippen LogP contribution in [0.3, 0.4) is 0 Å². The standard InChI is InChI=1S/C12H24N2O2S/c1-13-12-6-3-8-14(10-12)17(15,16)9-7-11-4-2-5-11/h11-13H,2-10H2,1H3. The van der Waals surface area contributed by atoms with Crippen molar-refractivity contribution in [2.24, 2.45) is 5.92 Å². The zero-order valence-corrected chi connectivity index (χ0v) is 11.5. The zero-order valence-electron chi connectivity index (χ0n) is 10.7. The SMILES string of the molecule is CNC1CCCN(S(=O)(=O)CCC2CCC2)C1. The molecule has 0 radical (unpaired) electrons. The highest BCUT2D eigenvalue weighted by molar-refractivity contribution is 7.89. The largest absolute Gasteiger partial charge is 0.316 e. The maximum absolute atomic E-state index is 12.2. The molecule has 1 saturated carbocycles. The molecule has 2 aliphatic rings. The number of sulfonamides is 1. The lowest BCUT2D eigenvalue weighted by Gasteiger charge is -2.32. The fourth-order valence-electron chi connectivity index (χ4n) is 2.66. The van der Waals surface area contributed by atoms with Crippen LogP contribution >= 0.6 is 0 Å². The van der Waals surface area contributed by atoms with E-state index in [1.165, 1.54) is 19.3 Å². The summed E-state index contributed by atoms with van der Waals surface area (Å²) >= 11 is 0. The Bertz CT molecular complexity index is 338. The summed E-state index contributed by atoms with van der Waals surface area (Å²) in [5.41, 5.74) is 0. The van der Waals surface area contributed by atoms with E-state index in [1.807, 2.05) is 7.05 Å². The van der Waals surface area contributed by atoms with Gasteiger partial charge in [-0.25, -0.2) is 12.7 Å². The molecular formula is C12H24N2O2S. The van der Waals surface area contributed by atoms with E-state index in [4.69, 9.17) is 0 Å². The van der Waals surface area contributed by atoms with Gasteiger partial charge in [0.2, 0.25) is 10.0 Å². The van der Waals surface area contributed by atoms with Gasteiger partial charge < -0.3 is 5.32 Å². The van der Waals surface area contributed by atoms with Crippen LogP contribution in [0.4, 0.5) is 0 Å². The molecule has 2 rings (SSSR count). The van der Waals surface area contributed by atoms with Crippen molar-refractivity contribution in [2.45, 2.75) is 44.6 Å². The van der Waals surface area contributed by atoms with Crippen LogP contribution in [-0.2, 0) is 10.0 Å². The average Bonchev–Trinajstić information content (AvgIpc) is 2.27. The molecule has 4 nitrogen and oxygen atoms in total. The lowest BCUT2D eigenvalue weighted by atomic mass is 9.84. The number of likely N-dealkylation sites (N-methyl/N-ethyl adjacent to an activating group) is 1. The van der Waals surface area contributed by atoms with Gasteiger partial charge in [-0.15, -0.1) is 0 Å². The Morgan fingerprint density at radius 3 is 2.59 bits per heavy atom. The Hall–Kier alpha value is -0.130. The van der Waals surface area contributed by atoms with Crippen LogP contribution in [0.15, 0.2) is 0 Å². The van der Waals surface area contributed by atoms with Gasteiger partial charge in [0.25, 0.3) is 0 Å². The number of nitrogens with one attached hydrogen (secondary N) is 1. The van der Waals surface area contributed by atoms with Crippen molar-refractivity contribution >= 4 is 10.0 Å². The van der Waals surface area contributed by atoms with Crippen LogP contribution < -0.4 is 5.32 Å². The lowest BCUT2D eigenvalue weighted by Crippen LogP contribution is -2.47. The third-order valence-corrected chi connectivity index (χ3v) is 6.06. The maximum Gasteiger partial charge on any atom is 0.214 e. The summed E-state index contributed by atoms with van der Waals surface area (Å²) in [6.45, 7) is 1.37. The van der Waals surface area contributed by atoms with Crippen LogP contribution in [0.1, 0.15) is 38.5 Å². The van der Waals surface area contributed by atoms with Crippen molar-refractivity contribution in [3.8, 4) is 0 Å². The summed E-state index contributed by atoms with van der Waals surface area (Å²) in [5, 5.41) is 3.19. The Morgan fingerprint density at radius 2 is 2.00 bits per heavy atom.